The molecule has 168 valence electrons. The highest BCUT2D eigenvalue weighted by molar-refractivity contribution is 8.18. The predicted molar refractivity (Wildman–Crippen MR) is 123 cm³/mol. The molecule has 1 aliphatic rings. The van der Waals surface area contributed by atoms with Crippen LogP contribution in [0.5, 0.6) is 23.0 Å². The Labute approximate surface area is 190 Å². The lowest BCUT2D eigenvalue weighted by atomic mass is 10.1. The number of aliphatic hydroxyl groups excluding tert-OH is 1. The van der Waals surface area contributed by atoms with Gasteiger partial charge in [0.25, 0.3) is 0 Å². The van der Waals surface area contributed by atoms with Gasteiger partial charge in [-0.3, -0.25) is 0 Å². The molecule has 0 aromatic heterocycles. The number of carbonyl (C=O) groups is 1. The Balaban J connectivity index is 2.14. The van der Waals surface area contributed by atoms with E-state index in [2.05, 4.69) is 4.99 Å². The van der Waals surface area contributed by atoms with Crippen LogP contribution in [-0.2, 0) is 9.53 Å². The molecule has 0 amide bonds. The average molecular weight is 458 g/mol. The van der Waals surface area contributed by atoms with Gasteiger partial charge in [0.05, 0.1) is 40.5 Å². The van der Waals surface area contributed by atoms with Gasteiger partial charge in [0, 0.05) is 5.56 Å². The van der Waals surface area contributed by atoms with Crippen LogP contribution in [-0.4, -0.2) is 51.7 Å². The molecule has 9 heteroatoms. The van der Waals surface area contributed by atoms with Gasteiger partial charge in [-0.1, -0.05) is 23.9 Å². The van der Waals surface area contributed by atoms with Gasteiger partial charge in [-0.25, -0.2) is 9.79 Å². The molecule has 0 radical (unpaired) electrons. The third-order valence-electron chi connectivity index (χ3n) is 4.61. The van der Waals surface area contributed by atoms with Gasteiger partial charge in [-0.15, -0.1) is 0 Å². The van der Waals surface area contributed by atoms with Crippen molar-refractivity contribution in [3.8, 4) is 23.0 Å². The van der Waals surface area contributed by atoms with Gasteiger partial charge < -0.3 is 28.8 Å². The maximum Gasteiger partial charge on any atom is 0.344 e. The zero-order valence-electron chi connectivity index (χ0n) is 18.3. The first-order valence-corrected chi connectivity index (χ1v) is 10.2. The fraction of sp³-hybridized carbons (Fsp3) is 0.217. The number of rotatable bonds is 7. The minimum absolute atomic E-state index is 0.0332. The molecule has 0 unspecified atom stereocenters. The van der Waals surface area contributed by atoms with E-state index in [1.165, 1.54) is 35.5 Å². The van der Waals surface area contributed by atoms with Crippen molar-refractivity contribution in [2.24, 2.45) is 4.99 Å². The van der Waals surface area contributed by atoms with E-state index in [1.807, 2.05) is 6.07 Å². The summed E-state index contributed by atoms with van der Waals surface area (Å²) in [5, 5.41) is 11.1. The largest absolute Gasteiger partial charge is 0.506 e. The van der Waals surface area contributed by atoms with E-state index >= 15 is 0 Å². The molecule has 0 fully saturated rings. The first-order valence-electron chi connectivity index (χ1n) is 9.41. The van der Waals surface area contributed by atoms with E-state index in [1.54, 1.807) is 36.4 Å². The van der Waals surface area contributed by atoms with Crippen LogP contribution in [0.3, 0.4) is 0 Å². The van der Waals surface area contributed by atoms with Gasteiger partial charge in [0.15, 0.2) is 11.5 Å². The summed E-state index contributed by atoms with van der Waals surface area (Å²) in [5.74, 6) is 0.912. The van der Waals surface area contributed by atoms with Crippen LogP contribution in [0.15, 0.2) is 57.6 Å². The zero-order valence-corrected chi connectivity index (χ0v) is 19.1. The molecule has 32 heavy (non-hydrogen) atoms. The number of methoxy groups -OCH3 is 5. The van der Waals surface area contributed by atoms with Crippen LogP contribution in [0, 0.1) is 0 Å². The lowest BCUT2D eigenvalue weighted by molar-refractivity contribution is -0.135. The summed E-state index contributed by atoms with van der Waals surface area (Å²) in [6.45, 7) is 0. The Morgan fingerprint density at radius 2 is 1.59 bits per heavy atom. The standard InChI is InChI=1S/C23H23NO7S/c1-27-15-9-7-6-8-14(15)24-22-18(23(26)31-5)19(25)17(32-22)12-13-10-11-16(28-2)21(30-4)20(13)29-3/h6-12,25H,1-5H3. The minimum atomic E-state index is -0.702. The molecule has 0 saturated carbocycles. The van der Waals surface area contributed by atoms with E-state index in [-0.39, 0.29) is 16.4 Å². The summed E-state index contributed by atoms with van der Waals surface area (Å²) in [6, 6.07) is 10.6. The summed E-state index contributed by atoms with van der Waals surface area (Å²) in [5.41, 5.74) is 1.09. The average Bonchev–Trinajstić information content (AvgIpc) is 3.12. The summed E-state index contributed by atoms with van der Waals surface area (Å²) >= 11 is 1.13. The molecule has 2 aromatic rings. The number of benzene rings is 2. The molecule has 8 nitrogen and oxygen atoms in total. The van der Waals surface area contributed by atoms with Crippen molar-refractivity contribution in [3.05, 3.63) is 58.2 Å². The number of carbonyl (C=O) groups excluding carboxylic acids is 1. The highest BCUT2D eigenvalue weighted by Gasteiger charge is 2.33. The Morgan fingerprint density at radius 1 is 0.906 bits per heavy atom. The maximum atomic E-state index is 12.4. The van der Waals surface area contributed by atoms with Crippen molar-refractivity contribution in [3.63, 3.8) is 0 Å². The lowest BCUT2D eigenvalue weighted by Crippen LogP contribution is -2.10. The third kappa shape index (κ3) is 4.38. The van der Waals surface area contributed by atoms with Crippen molar-refractivity contribution in [2.75, 3.05) is 35.5 Å². The molecule has 0 spiro atoms. The number of aliphatic hydroxyl groups is 1. The smallest absolute Gasteiger partial charge is 0.344 e. The van der Waals surface area contributed by atoms with E-state index in [9.17, 15) is 9.90 Å². The molecule has 1 heterocycles. The molecule has 0 aliphatic carbocycles. The SMILES string of the molecule is COC(=O)C1=C(O)C(=Cc2ccc(OC)c(OC)c2OC)SC1=Nc1ccccc1OC. The highest BCUT2D eigenvalue weighted by Crippen LogP contribution is 2.45. The summed E-state index contributed by atoms with van der Waals surface area (Å²) < 4.78 is 26.4. The molecular weight excluding hydrogens is 434 g/mol. The van der Waals surface area contributed by atoms with E-state index in [4.69, 9.17) is 23.7 Å². The maximum absolute atomic E-state index is 12.4. The van der Waals surface area contributed by atoms with E-state index in [0.29, 0.717) is 39.2 Å². The van der Waals surface area contributed by atoms with Crippen molar-refractivity contribution in [2.45, 2.75) is 0 Å². The van der Waals surface area contributed by atoms with Crippen molar-refractivity contribution < 1.29 is 33.6 Å². The number of hydrogen-bond donors (Lipinski definition) is 1. The van der Waals surface area contributed by atoms with Gasteiger partial charge in [0.1, 0.15) is 27.8 Å². The molecule has 1 aliphatic heterocycles. The van der Waals surface area contributed by atoms with Crippen molar-refractivity contribution >= 4 is 34.5 Å². The minimum Gasteiger partial charge on any atom is -0.506 e. The van der Waals surface area contributed by atoms with Crippen molar-refractivity contribution in [1.82, 2.24) is 0 Å². The predicted octanol–water partition coefficient (Wildman–Crippen LogP) is 4.52. The fourth-order valence-electron chi connectivity index (χ4n) is 3.10. The number of ether oxygens (including phenoxy) is 5. The van der Waals surface area contributed by atoms with Crippen LogP contribution in [0.1, 0.15) is 5.56 Å². The molecule has 0 atom stereocenters. The number of aliphatic imine (C=N–C) groups is 1. The molecule has 0 bridgehead atoms. The normalized spacial score (nSPS) is 15.8. The van der Waals surface area contributed by atoms with Gasteiger partial charge in [0.2, 0.25) is 5.75 Å². The number of para-hydroxylation sites is 2. The fourth-order valence-corrected chi connectivity index (χ4v) is 4.12. The first kappa shape index (κ1) is 23.1. The van der Waals surface area contributed by atoms with Gasteiger partial charge in [-0.05, 0) is 30.3 Å². The summed E-state index contributed by atoms with van der Waals surface area (Å²) in [4.78, 5) is 17.4. The van der Waals surface area contributed by atoms with Crippen LogP contribution in [0.25, 0.3) is 6.08 Å². The zero-order chi connectivity index (χ0) is 23.3. The first-order chi connectivity index (χ1) is 15.5. The molecule has 3 rings (SSSR count). The number of hydrogen-bond acceptors (Lipinski definition) is 9. The number of esters is 1. The van der Waals surface area contributed by atoms with Crippen LogP contribution < -0.4 is 18.9 Å². The van der Waals surface area contributed by atoms with Crippen LogP contribution in [0.4, 0.5) is 5.69 Å². The highest BCUT2D eigenvalue weighted by atomic mass is 32.2. The lowest BCUT2D eigenvalue weighted by Gasteiger charge is -2.14. The number of nitrogens with zero attached hydrogens (tertiary/aromatic N) is 1. The topological polar surface area (TPSA) is 95.8 Å². The molecule has 0 saturated heterocycles. The van der Waals surface area contributed by atoms with Crippen LogP contribution in [0.2, 0.25) is 0 Å². The van der Waals surface area contributed by atoms with Crippen molar-refractivity contribution in [1.29, 1.82) is 0 Å². The third-order valence-corrected chi connectivity index (χ3v) is 5.63. The Kier molecular flexibility index (Phi) is 7.32. The van der Waals surface area contributed by atoms with E-state index in [0.717, 1.165) is 11.8 Å². The molecule has 2 aromatic carbocycles. The van der Waals surface area contributed by atoms with E-state index < -0.39 is 5.97 Å². The molecule has 1 N–H and O–H groups in total. The van der Waals surface area contributed by atoms with Gasteiger partial charge >= 0.3 is 5.97 Å². The Bertz CT molecular complexity index is 1120. The summed E-state index contributed by atoms with van der Waals surface area (Å²) in [6.07, 6.45) is 1.68. The van der Waals surface area contributed by atoms with Crippen LogP contribution >= 0.6 is 11.8 Å². The second-order valence-corrected chi connectivity index (χ2v) is 7.37. The molecular formula is C23H23NO7S. The Hall–Kier alpha value is -3.59. The second-order valence-electron chi connectivity index (χ2n) is 6.34. The quantitative estimate of drug-likeness (QED) is 0.606. The second kappa shape index (κ2) is 10.1. The van der Waals surface area contributed by atoms with Gasteiger partial charge in [-0.2, -0.15) is 0 Å². The Morgan fingerprint density at radius 3 is 2.22 bits per heavy atom. The summed E-state index contributed by atoms with van der Waals surface area (Å²) in [7, 11) is 7.31. The number of thioether (sulfide) groups is 1. The monoisotopic (exact) mass is 457 g/mol.